The molecular weight excluding hydrogens is 270 g/mol. The molecule has 0 heterocycles. The average molecular weight is 295 g/mol. The zero-order chi connectivity index (χ0) is 14.5. The Balaban J connectivity index is 2.23. The Hall–Kier alpha value is -0.710. The Labute approximate surface area is 126 Å². The molecule has 0 saturated heterocycles. The quantitative estimate of drug-likeness (QED) is 0.847. The van der Waals surface area contributed by atoms with Crippen molar-refractivity contribution >= 4 is 11.8 Å². The van der Waals surface area contributed by atoms with Gasteiger partial charge in [-0.2, -0.15) is 11.8 Å². The Morgan fingerprint density at radius 1 is 1.50 bits per heavy atom. The molecule has 112 valence electrons. The van der Waals surface area contributed by atoms with Crippen molar-refractivity contribution in [3.8, 4) is 5.75 Å². The van der Waals surface area contributed by atoms with Crippen molar-refractivity contribution in [2.75, 3.05) is 20.3 Å². The summed E-state index contributed by atoms with van der Waals surface area (Å²) >= 11 is 1.90. The van der Waals surface area contributed by atoms with E-state index in [-0.39, 0.29) is 6.61 Å². The molecule has 3 unspecified atom stereocenters. The lowest BCUT2D eigenvalue weighted by Crippen LogP contribution is -2.35. The molecule has 3 atom stereocenters. The lowest BCUT2D eigenvalue weighted by Gasteiger charge is -2.35. The third-order valence-electron chi connectivity index (χ3n) is 3.84. The highest BCUT2D eigenvalue weighted by molar-refractivity contribution is 8.00. The number of aliphatic hydroxyl groups is 1. The first-order valence-corrected chi connectivity index (χ1v) is 8.30. The Bertz CT molecular complexity index is 438. The standard InChI is InChI=1S/C16H25NO2S/c1-4-17-16-14-7-6-13(19-3)9-12(14)5-8-15(16)20-11(2)10-18/h6-7,9,11,15-18H,4-5,8,10H2,1-3H3. The Kier molecular flexibility index (Phi) is 5.75. The van der Waals surface area contributed by atoms with E-state index in [0.29, 0.717) is 16.5 Å². The molecule has 0 aromatic heterocycles. The molecule has 4 heteroatoms. The number of methoxy groups -OCH3 is 1. The topological polar surface area (TPSA) is 41.5 Å². The summed E-state index contributed by atoms with van der Waals surface area (Å²) in [4.78, 5) is 0. The van der Waals surface area contributed by atoms with E-state index in [1.807, 2.05) is 17.8 Å². The van der Waals surface area contributed by atoms with E-state index in [1.165, 1.54) is 11.1 Å². The summed E-state index contributed by atoms with van der Waals surface area (Å²) in [6.07, 6.45) is 2.23. The smallest absolute Gasteiger partial charge is 0.119 e. The molecule has 0 amide bonds. The number of benzene rings is 1. The van der Waals surface area contributed by atoms with Gasteiger partial charge in [-0.3, -0.25) is 0 Å². The molecule has 0 radical (unpaired) electrons. The largest absolute Gasteiger partial charge is 0.497 e. The fraction of sp³-hybridized carbons (Fsp3) is 0.625. The van der Waals surface area contributed by atoms with Crippen LogP contribution in [0.1, 0.15) is 37.4 Å². The maximum absolute atomic E-state index is 9.29. The number of aliphatic hydroxyl groups excluding tert-OH is 1. The average Bonchev–Trinajstić information content (AvgIpc) is 2.48. The van der Waals surface area contributed by atoms with Crippen LogP contribution in [0.5, 0.6) is 5.75 Å². The minimum atomic E-state index is 0.246. The van der Waals surface area contributed by atoms with E-state index in [1.54, 1.807) is 7.11 Å². The van der Waals surface area contributed by atoms with Gasteiger partial charge in [0.1, 0.15) is 5.75 Å². The zero-order valence-electron chi connectivity index (χ0n) is 12.6. The summed E-state index contributed by atoms with van der Waals surface area (Å²) in [7, 11) is 1.72. The fourth-order valence-electron chi connectivity index (χ4n) is 2.84. The van der Waals surface area contributed by atoms with Crippen molar-refractivity contribution in [2.45, 2.75) is 43.2 Å². The molecule has 0 saturated carbocycles. The molecule has 1 aliphatic rings. The molecule has 1 aliphatic carbocycles. The number of hydrogen-bond acceptors (Lipinski definition) is 4. The molecule has 20 heavy (non-hydrogen) atoms. The first kappa shape index (κ1) is 15.7. The van der Waals surface area contributed by atoms with Crippen LogP contribution in [0.15, 0.2) is 18.2 Å². The van der Waals surface area contributed by atoms with Gasteiger partial charge >= 0.3 is 0 Å². The zero-order valence-corrected chi connectivity index (χ0v) is 13.4. The summed E-state index contributed by atoms with van der Waals surface area (Å²) in [6.45, 7) is 5.45. The third kappa shape index (κ3) is 3.48. The van der Waals surface area contributed by atoms with Crippen LogP contribution in [0.25, 0.3) is 0 Å². The number of ether oxygens (including phenoxy) is 1. The number of fused-ring (bicyclic) bond motifs is 1. The van der Waals surface area contributed by atoms with E-state index < -0.39 is 0 Å². The van der Waals surface area contributed by atoms with Crippen LogP contribution in [0.3, 0.4) is 0 Å². The summed E-state index contributed by atoms with van der Waals surface area (Å²) in [5, 5.41) is 13.7. The normalized spacial score (nSPS) is 23.2. The molecule has 3 nitrogen and oxygen atoms in total. The van der Waals surface area contributed by atoms with Gasteiger partial charge in [-0.15, -0.1) is 0 Å². The van der Waals surface area contributed by atoms with Crippen molar-refractivity contribution in [3.63, 3.8) is 0 Å². The summed E-state index contributed by atoms with van der Waals surface area (Å²) < 4.78 is 5.33. The maximum Gasteiger partial charge on any atom is 0.119 e. The SMILES string of the molecule is CCNC1c2ccc(OC)cc2CCC1SC(C)CO. The van der Waals surface area contributed by atoms with Crippen molar-refractivity contribution in [2.24, 2.45) is 0 Å². The van der Waals surface area contributed by atoms with Crippen LogP contribution in [0.2, 0.25) is 0 Å². The molecule has 1 aromatic carbocycles. The van der Waals surface area contributed by atoms with E-state index in [4.69, 9.17) is 4.74 Å². The molecule has 0 spiro atoms. The summed E-state index contributed by atoms with van der Waals surface area (Å²) in [6, 6.07) is 6.77. The van der Waals surface area contributed by atoms with Crippen LogP contribution >= 0.6 is 11.8 Å². The van der Waals surface area contributed by atoms with Gasteiger partial charge in [-0.25, -0.2) is 0 Å². The van der Waals surface area contributed by atoms with Gasteiger partial charge in [-0.05, 0) is 42.6 Å². The lowest BCUT2D eigenvalue weighted by molar-refractivity contribution is 0.299. The van der Waals surface area contributed by atoms with Crippen molar-refractivity contribution in [1.29, 1.82) is 0 Å². The van der Waals surface area contributed by atoms with Gasteiger partial charge in [0.2, 0.25) is 0 Å². The van der Waals surface area contributed by atoms with Crippen LogP contribution in [0, 0.1) is 0 Å². The first-order valence-electron chi connectivity index (χ1n) is 7.36. The predicted octanol–water partition coefficient (Wildman–Crippen LogP) is 2.77. The second-order valence-electron chi connectivity index (χ2n) is 5.31. The number of hydrogen-bond donors (Lipinski definition) is 2. The molecule has 0 bridgehead atoms. The van der Waals surface area contributed by atoms with E-state index >= 15 is 0 Å². The first-order chi connectivity index (χ1) is 9.69. The van der Waals surface area contributed by atoms with Gasteiger partial charge < -0.3 is 15.2 Å². The van der Waals surface area contributed by atoms with Crippen molar-refractivity contribution in [3.05, 3.63) is 29.3 Å². The maximum atomic E-state index is 9.29. The second kappa shape index (κ2) is 7.34. The molecule has 0 aliphatic heterocycles. The van der Waals surface area contributed by atoms with Gasteiger partial charge in [0.25, 0.3) is 0 Å². The number of thioether (sulfide) groups is 1. The van der Waals surface area contributed by atoms with Gasteiger partial charge in [0, 0.05) is 16.5 Å². The van der Waals surface area contributed by atoms with Crippen LogP contribution in [-0.4, -0.2) is 35.9 Å². The lowest BCUT2D eigenvalue weighted by atomic mass is 9.87. The van der Waals surface area contributed by atoms with Gasteiger partial charge in [0.15, 0.2) is 0 Å². The molecule has 0 fully saturated rings. The second-order valence-corrected chi connectivity index (χ2v) is 6.99. The molecule has 1 aromatic rings. The summed E-state index contributed by atoms with van der Waals surface area (Å²) in [5.74, 6) is 0.939. The monoisotopic (exact) mass is 295 g/mol. The van der Waals surface area contributed by atoms with Crippen LogP contribution in [-0.2, 0) is 6.42 Å². The minimum Gasteiger partial charge on any atom is -0.497 e. The highest BCUT2D eigenvalue weighted by Gasteiger charge is 2.30. The molecule has 2 N–H and O–H groups in total. The third-order valence-corrected chi connectivity index (χ3v) is 5.31. The number of nitrogens with one attached hydrogen (secondary N) is 1. The Morgan fingerprint density at radius 2 is 2.30 bits per heavy atom. The van der Waals surface area contributed by atoms with Gasteiger partial charge in [-0.1, -0.05) is 19.9 Å². The van der Waals surface area contributed by atoms with E-state index in [9.17, 15) is 5.11 Å². The molecular formula is C16H25NO2S. The fourth-order valence-corrected chi connectivity index (χ4v) is 4.18. The highest BCUT2D eigenvalue weighted by atomic mass is 32.2. The Morgan fingerprint density at radius 3 is 2.95 bits per heavy atom. The molecule has 2 rings (SSSR count). The van der Waals surface area contributed by atoms with Crippen LogP contribution in [0.4, 0.5) is 0 Å². The van der Waals surface area contributed by atoms with Crippen LogP contribution < -0.4 is 10.1 Å². The van der Waals surface area contributed by atoms with E-state index in [2.05, 4.69) is 31.3 Å². The van der Waals surface area contributed by atoms with E-state index in [0.717, 1.165) is 25.1 Å². The van der Waals surface area contributed by atoms with Crippen molar-refractivity contribution < 1.29 is 9.84 Å². The number of rotatable bonds is 6. The van der Waals surface area contributed by atoms with Crippen molar-refractivity contribution in [1.82, 2.24) is 5.32 Å². The minimum absolute atomic E-state index is 0.246. The predicted molar refractivity (Wildman–Crippen MR) is 85.7 cm³/mol. The van der Waals surface area contributed by atoms with Gasteiger partial charge in [0.05, 0.1) is 13.7 Å². The summed E-state index contributed by atoms with van der Waals surface area (Å²) in [5.41, 5.74) is 2.78. The number of aryl methyl sites for hydroxylation is 1. The highest BCUT2D eigenvalue weighted by Crippen LogP contribution is 2.39.